The number of hydrogen-bond acceptors (Lipinski definition) is 4. The van der Waals surface area contributed by atoms with Gasteiger partial charge in [0, 0.05) is 43.6 Å². The van der Waals surface area contributed by atoms with E-state index in [2.05, 4.69) is 5.16 Å². The molecule has 1 aromatic rings. The third kappa shape index (κ3) is 3.00. The maximum Gasteiger partial charge on any atom is 0.276 e. The summed E-state index contributed by atoms with van der Waals surface area (Å²) >= 11 is 0. The van der Waals surface area contributed by atoms with Crippen molar-refractivity contribution in [3.05, 3.63) is 17.5 Å². The van der Waals surface area contributed by atoms with Crippen LogP contribution in [0.3, 0.4) is 0 Å². The number of rotatable bonds is 2. The van der Waals surface area contributed by atoms with Crippen LogP contribution in [0, 0.1) is 5.41 Å². The summed E-state index contributed by atoms with van der Waals surface area (Å²) in [5.74, 6) is 1.32. The van der Waals surface area contributed by atoms with E-state index >= 15 is 0 Å². The first kappa shape index (κ1) is 15.1. The fourth-order valence-electron chi connectivity index (χ4n) is 2.70. The number of piperazine rings is 1. The van der Waals surface area contributed by atoms with Crippen molar-refractivity contribution in [1.29, 1.82) is 0 Å². The van der Waals surface area contributed by atoms with E-state index in [0.29, 0.717) is 37.8 Å². The molecule has 0 radical (unpaired) electrons. The summed E-state index contributed by atoms with van der Waals surface area (Å²) in [6.45, 7) is 8.01. The van der Waals surface area contributed by atoms with E-state index in [0.717, 1.165) is 18.6 Å². The van der Waals surface area contributed by atoms with Gasteiger partial charge in [-0.25, -0.2) is 0 Å². The molecule has 22 heavy (non-hydrogen) atoms. The summed E-state index contributed by atoms with van der Waals surface area (Å²) < 4.78 is 5.24. The fraction of sp³-hybridized carbons (Fsp3) is 0.688. The summed E-state index contributed by atoms with van der Waals surface area (Å²) in [4.78, 5) is 28.3. The average molecular weight is 305 g/mol. The molecule has 1 aliphatic heterocycles. The molecule has 0 unspecified atom stereocenters. The number of amides is 2. The molecule has 0 spiro atoms. The van der Waals surface area contributed by atoms with Gasteiger partial charge in [-0.2, -0.15) is 0 Å². The molecule has 1 aromatic heterocycles. The first-order valence-electron chi connectivity index (χ1n) is 7.91. The minimum atomic E-state index is -0.378. The maximum absolute atomic E-state index is 12.4. The van der Waals surface area contributed by atoms with Gasteiger partial charge in [-0.1, -0.05) is 25.9 Å². The highest BCUT2D eigenvalue weighted by atomic mass is 16.5. The molecule has 120 valence electrons. The molecule has 2 amide bonds. The number of carbonyl (C=O) groups excluding carboxylic acids is 2. The van der Waals surface area contributed by atoms with Crippen molar-refractivity contribution >= 4 is 11.8 Å². The minimum Gasteiger partial charge on any atom is -0.360 e. The Morgan fingerprint density at radius 1 is 1.14 bits per heavy atom. The van der Waals surface area contributed by atoms with Gasteiger partial charge in [0.1, 0.15) is 5.76 Å². The van der Waals surface area contributed by atoms with E-state index in [9.17, 15) is 9.59 Å². The van der Waals surface area contributed by atoms with Crippen LogP contribution in [0.1, 0.15) is 55.8 Å². The highest BCUT2D eigenvalue weighted by molar-refractivity contribution is 5.92. The zero-order chi connectivity index (χ0) is 15.9. The Hall–Kier alpha value is -1.85. The third-order valence-electron chi connectivity index (χ3n) is 4.22. The van der Waals surface area contributed by atoms with Crippen molar-refractivity contribution in [1.82, 2.24) is 15.0 Å². The van der Waals surface area contributed by atoms with Crippen LogP contribution in [0.25, 0.3) is 0 Å². The zero-order valence-corrected chi connectivity index (χ0v) is 13.5. The Labute approximate surface area is 130 Å². The molecular formula is C16H23N3O3. The van der Waals surface area contributed by atoms with Crippen LogP contribution in [0.2, 0.25) is 0 Å². The van der Waals surface area contributed by atoms with Crippen molar-refractivity contribution < 1.29 is 14.1 Å². The van der Waals surface area contributed by atoms with Gasteiger partial charge in [-0.3, -0.25) is 9.59 Å². The second-order valence-electron chi connectivity index (χ2n) is 7.22. The van der Waals surface area contributed by atoms with Crippen molar-refractivity contribution in [2.24, 2.45) is 5.41 Å². The Morgan fingerprint density at radius 2 is 1.73 bits per heavy atom. The van der Waals surface area contributed by atoms with Crippen LogP contribution in [-0.4, -0.2) is 52.9 Å². The van der Waals surface area contributed by atoms with Gasteiger partial charge < -0.3 is 14.3 Å². The van der Waals surface area contributed by atoms with Gasteiger partial charge in [-0.05, 0) is 12.8 Å². The summed E-state index contributed by atoms with van der Waals surface area (Å²) in [5.41, 5.74) is 0.00905. The van der Waals surface area contributed by atoms with Crippen LogP contribution < -0.4 is 0 Å². The molecule has 3 rings (SSSR count). The Morgan fingerprint density at radius 3 is 2.27 bits per heavy atom. The minimum absolute atomic E-state index is 0.0986. The molecule has 2 heterocycles. The van der Waals surface area contributed by atoms with Crippen LogP contribution in [0.15, 0.2) is 10.6 Å². The zero-order valence-electron chi connectivity index (χ0n) is 13.5. The topological polar surface area (TPSA) is 66.7 Å². The van der Waals surface area contributed by atoms with E-state index in [4.69, 9.17) is 4.52 Å². The maximum atomic E-state index is 12.4. The molecule has 6 heteroatoms. The number of nitrogens with zero attached hydrogens (tertiary/aromatic N) is 3. The summed E-state index contributed by atoms with van der Waals surface area (Å²) in [6.07, 6.45) is 2.24. The van der Waals surface area contributed by atoms with Gasteiger partial charge in [0.2, 0.25) is 5.91 Å². The third-order valence-corrected chi connectivity index (χ3v) is 4.22. The highest BCUT2D eigenvalue weighted by Crippen LogP contribution is 2.40. The lowest BCUT2D eigenvalue weighted by molar-refractivity contribution is -0.140. The quantitative estimate of drug-likeness (QED) is 0.837. The Kier molecular flexibility index (Phi) is 3.70. The van der Waals surface area contributed by atoms with E-state index < -0.39 is 0 Å². The normalized spacial score (nSPS) is 19.4. The van der Waals surface area contributed by atoms with Crippen LogP contribution in [0.4, 0.5) is 0 Å². The molecule has 0 atom stereocenters. The van der Waals surface area contributed by atoms with Crippen molar-refractivity contribution in [2.75, 3.05) is 26.2 Å². The van der Waals surface area contributed by atoms with E-state index in [1.807, 2.05) is 25.7 Å². The molecule has 0 N–H and O–H groups in total. The second-order valence-corrected chi connectivity index (χ2v) is 7.22. The van der Waals surface area contributed by atoms with Gasteiger partial charge in [0.15, 0.2) is 5.69 Å². The largest absolute Gasteiger partial charge is 0.360 e. The predicted molar refractivity (Wildman–Crippen MR) is 80.4 cm³/mol. The van der Waals surface area contributed by atoms with E-state index in [-0.39, 0.29) is 17.2 Å². The standard InChI is InChI=1S/C16H23N3O3/c1-16(2,3)15(21)19-8-6-18(7-9-19)14(20)12-10-13(22-17-12)11-4-5-11/h10-11H,4-9H2,1-3H3. The molecular weight excluding hydrogens is 282 g/mol. The van der Waals surface area contributed by atoms with Crippen molar-refractivity contribution in [2.45, 2.75) is 39.5 Å². The first-order chi connectivity index (χ1) is 10.4. The molecule has 2 fully saturated rings. The Balaban J connectivity index is 1.58. The molecule has 1 aliphatic carbocycles. The molecule has 1 saturated heterocycles. The van der Waals surface area contributed by atoms with Gasteiger partial charge in [-0.15, -0.1) is 0 Å². The number of hydrogen-bond donors (Lipinski definition) is 0. The van der Waals surface area contributed by atoms with E-state index in [1.54, 1.807) is 11.0 Å². The fourth-order valence-corrected chi connectivity index (χ4v) is 2.70. The lowest BCUT2D eigenvalue weighted by Crippen LogP contribution is -2.53. The van der Waals surface area contributed by atoms with Gasteiger partial charge in [0.05, 0.1) is 0 Å². The smallest absolute Gasteiger partial charge is 0.276 e. The van der Waals surface area contributed by atoms with Gasteiger partial charge >= 0.3 is 0 Å². The predicted octanol–water partition coefficient (Wildman–Crippen LogP) is 1.88. The summed E-state index contributed by atoms with van der Waals surface area (Å²) in [7, 11) is 0. The molecule has 0 aromatic carbocycles. The van der Waals surface area contributed by atoms with Crippen LogP contribution >= 0.6 is 0 Å². The molecule has 0 bridgehead atoms. The summed E-state index contributed by atoms with van der Waals surface area (Å²) in [6, 6.07) is 1.77. The summed E-state index contributed by atoms with van der Waals surface area (Å²) in [5, 5.41) is 3.90. The first-order valence-corrected chi connectivity index (χ1v) is 7.91. The second kappa shape index (κ2) is 5.41. The molecule has 1 saturated carbocycles. The van der Waals surface area contributed by atoms with Crippen LogP contribution in [0.5, 0.6) is 0 Å². The average Bonchev–Trinajstić information content (AvgIpc) is 3.22. The number of carbonyl (C=O) groups is 2. The van der Waals surface area contributed by atoms with Crippen molar-refractivity contribution in [3.8, 4) is 0 Å². The van der Waals surface area contributed by atoms with Crippen LogP contribution in [-0.2, 0) is 4.79 Å². The number of aromatic nitrogens is 1. The SMILES string of the molecule is CC(C)(C)C(=O)N1CCN(C(=O)c2cc(C3CC3)on2)CC1. The van der Waals surface area contributed by atoms with Gasteiger partial charge in [0.25, 0.3) is 5.91 Å². The highest BCUT2D eigenvalue weighted by Gasteiger charge is 2.33. The van der Waals surface area contributed by atoms with Crippen molar-refractivity contribution in [3.63, 3.8) is 0 Å². The molecule has 2 aliphatic rings. The molecule has 6 nitrogen and oxygen atoms in total. The lowest BCUT2D eigenvalue weighted by atomic mass is 9.94. The lowest BCUT2D eigenvalue weighted by Gasteiger charge is -2.37. The van der Waals surface area contributed by atoms with E-state index in [1.165, 1.54) is 0 Å². The Bertz CT molecular complexity index is 576. The monoisotopic (exact) mass is 305 g/mol.